The Bertz CT molecular complexity index is 369. The molecule has 4 nitrogen and oxygen atoms in total. The van der Waals surface area contributed by atoms with Crippen molar-refractivity contribution < 1.29 is 23.0 Å². The molecular weight excluding hydrogens is 225 g/mol. The van der Waals surface area contributed by atoms with Gasteiger partial charge in [-0.3, -0.25) is 0 Å². The van der Waals surface area contributed by atoms with E-state index in [-0.39, 0.29) is 6.04 Å². The summed E-state index contributed by atoms with van der Waals surface area (Å²) in [4.78, 5) is 0. The fourth-order valence-corrected chi connectivity index (χ4v) is 1.72. The first-order valence-electron chi connectivity index (χ1n) is 4.92. The average Bonchev–Trinajstić information content (AvgIpc) is 2.61. The Balaban J connectivity index is 2.24. The minimum Gasteiger partial charge on any atom is -0.493 e. The van der Waals surface area contributed by atoms with Crippen LogP contribution in [0.1, 0.15) is 24.6 Å². The summed E-state index contributed by atoms with van der Waals surface area (Å²) in [6.45, 7) is 0.955. The van der Waals surface area contributed by atoms with Crippen molar-refractivity contribution in [1.29, 1.82) is 0 Å². The zero-order valence-electron chi connectivity index (χ0n) is 8.37. The number of ether oxygens (including phenoxy) is 1. The van der Waals surface area contributed by atoms with Gasteiger partial charge in [-0.25, -0.2) is 4.68 Å². The van der Waals surface area contributed by atoms with Gasteiger partial charge in [0.25, 0.3) is 0 Å². The monoisotopic (exact) mass is 236 g/mol. The minimum atomic E-state index is -4.52. The molecule has 16 heavy (non-hydrogen) atoms. The van der Waals surface area contributed by atoms with Crippen LogP contribution >= 0.6 is 0 Å². The largest absolute Gasteiger partial charge is 0.493 e. The van der Waals surface area contributed by atoms with Crippen LogP contribution in [0.4, 0.5) is 13.2 Å². The lowest BCUT2D eigenvalue weighted by atomic mass is 10.1. The third-order valence-corrected chi connectivity index (χ3v) is 2.54. The van der Waals surface area contributed by atoms with E-state index in [0.29, 0.717) is 32.1 Å². The van der Waals surface area contributed by atoms with Gasteiger partial charge in [-0.15, -0.1) is 0 Å². The number of aromatic nitrogens is 2. The summed E-state index contributed by atoms with van der Waals surface area (Å²) in [5.74, 6) is -0.445. The fraction of sp³-hybridized carbons (Fsp3) is 0.667. The van der Waals surface area contributed by atoms with Gasteiger partial charge in [0.05, 0.1) is 6.04 Å². The minimum absolute atomic E-state index is 0.218. The second kappa shape index (κ2) is 3.97. The summed E-state index contributed by atoms with van der Waals surface area (Å²) >= 11 is 0. The third kappa shape index (κ3) is 2.13. The molecular formula is C9H11F3N2O2. The molecule has 1 N–H and O–H groups in total. The van der Waals surface area contributed by atoms with Crippen molar-refractivity contribution in [1.82, 2.24) is 9.78 Å². The van der Waals surface area contributed by atoms with Gasteiger partial charge in [0, 0.05) is 19.3 Å². The predicted octanol–water partition coefficient (Wildman–Crippen LogP) is 1.96. The van der Waals surface area contributed by atoms with E-state index in [9.17, 15) is 18.3 Å². The van der Waals surface area contributed by atoms with E-state index in [1.165, 1.54) is 0 Å². The van der Waals surface area contributed by atoms with Gasteiger partial charge in [0.2, 0.25) is 5.88 Å². The van der Waals surface area contributed by atoms with Crippen molar-refractivity contribution in [3.8, 4) is 5.88 Å². The molecule has 1 fully saturated rings. The molecule has 0 aromatic carbocycles. The van der Waals surface area contributed by atoms with E-state index in [1.807, 2.05) is 0 Å². The van der Waals surface area contributed by atoms with Crippen molar-refractivity contribution in [2.45, 2.75) is 25.1 Å². The molecule has 0 saturated carbocycles. The smallest absolute Gasteiger partial charge is 0.435 e. The maximum atomic E-state index is 12.3. The molecule has 1 aromatic heterocycles. The maximum Gasteiger partial charge on any atom is 0.435 e. The van der Waals surface area contributed by atoms with Crippen molar-refractivity contribution in [2.75, 3.05) is 13.2 Å². The standard InChI is InChI=1S/C9H11F3N2O2/c10-9(11,12)7-5-8(15)14(13-7)6-1-3-16-4-2-6/h5-6,15H,1-4H2. The van der Waals surface area contributed by atoms with E-state index in [2.05, 4.69) is 5.10 Å². The molecule has 0 unspecified atom stereocenters. The summed E-state index contributed by atoms with van der Waals surface area (Å²) in [5.41, 5.74) is -1.06. The number of halogens is 3. The molecule has 0 bridgehead atoms. The van der Waals surface area contributed by atoms with Crippen LogP contribution in [0.3, 0.4) is 0 Å². The lowest BCUT2D eigenvalue weighted by Crippen LogP contribution is -2.21. The quantitative estimate of drug-likeness (QED) is 0.810. The Morgan fingerprint density at radius 2 is 2.00 bits per heavy atom. The third-order valence-electron chi connectivity index (χ3n) is 2.54. The van der Waals surface area contributed by atoms with Gasteiger partial charge in [0.15, 0.2) is 5.69 Å². The van der Waals surface area contributed by atoms with Crippen LogP contribution in [0.25, 0.3) is 0 Å². The van der Waals surface area contributed by atoms with E-state index >= 15 is 0 Å². The van der Waals surface area contributed by atoms with Crippen LogP contribution in [-0.4, -0.2) is 28.1 Å². The lowest BCUT2D eigenvalue weighted by Gasteiger charge is -2.22. The van der Waals surface area contributed by atoms with Gasteiger partial charge in [-0.05, 0) is 12.8 Å². The first-order valence-corrected chi connectivity index (χ1v) is 4.92. The molecule has 7 heteroatoms. The molecule has 0 radical (unpaired) electrons. The molecule has 90 valence electrons. The molecule has 1 aliphatic heterocycles. The average molecular weight is 236 g/mol. The van der Waals surface area contributed by atoms with Crippen LogP contribution in [0.2, 0.25) is 0 Å². The number of hydrogen-bond acceptors (Lipinski definition) is 3. The molecule has 1 aliphatic rings. The fourth-order valence-electron chi connectivity index (χ4n) is 1.72. The Hall–Kier alpha value is -1.24. The van der Waals surface area contributed by atoms with Crippen LogP contribution in [0, 0.1) is 0 Å². The Morgan fingerprint density at radius 3 is 2.50 bits per heavy atom. The highest BCUT2D eigenvalue weighted by Gasteiger charge is 2.36. The molecule has 0 spiro atoms. The summed E-state index contributed by atoms with van der Waals surface area (Å²) in [6.07, 6.45) is -3.40. The predicted molar refractivity (Wildman–Crippen MR) is 48.0 cm³/mol. The Kier molecular flexibility index (Phi) is 2.79. The van der Waals surface area contributed by atoms with Crippen LogP contribution < -0.4 is 0 Å². The zero-order valence-corrected chi connectivity index (χ0v) is 8.37. The maximum absolute atomic E-state index is 12.3. The number of rotatable bonds is 1. The highest BCUT2D eigenvalue weighted by atomic mass is 19.4. The van der Waals surface area contributed by atoms with Crippen molar-refractivity contribution >= 4 is 0 Å². The van der Waals surface area contributed by atoms with Crippen LogP contribution in [-0.2, 0) is 10.9 Å². The molecule has 2 rings (SSSR count). The molecule has 2 heterocycles. The van der Waals surface area contributed by atoms with Crippen molar-refractivity contribution in [3.63, 3.8) is 0 Å². The number of alkyl halides is 3. The Morgan fingerprint density at radius 1 is 1.38 bits per heavy atom. The highest BCUT2D eigenvalue weighted by Crippen LogP contribution is 2.33. The second-order valence-electron chi connectivity index (χ2n) is 3.67. The van der Waals surface area contributed by atoms with Gasteiger partial charge in [-0.2, -0.15) is 18.3 Å². The first kappa shape index (κ1) is 11.3. The normalized spacial score (nSPS) is 18.9. The zero-order chi connectivity index (χ0) is 11.8. The molecule has 1 aromatic rings. The van der Waals surface area contributed by atoms with E-state index in [0.717, 1.165) is 4.68 Å². The second-order valence-corrected chi connectivity index (χ2v) is 3.67. The molecule has 0 atom stereocenters. The van der Waals surface area contributed by atoms with Gasteiger partial charge >= 0.3 is 6.18 Å². The topological polar surface area (TPSA) is 47.3 Å². The van der Waals surface area contributed by atoms with Crippen LogP contribution in [0.15, 0.2) is 6.07 Å². The Labute approximate surface area is 89.6 Å². The van der Waals surface area contributed by atoms with Crippen molar-refractivity contribution in [2.24, 2.45) is 0 Å². The first-order chi connectivity index (χ1) is 7.48. The number of nitrogens with zero attached hydrogens (tertiary/aromatic N) is 2. The van der Waals surface area contributed by atoms with E-state index in [4.69, 9.17) is 4.74 Å². The number of hydrogen-bond donors (Lipinski definition) is 1. The molecule has 1 saturated heterocycles. The van der Waals surface area contributed by atoms with E-state index < -0.39 is 17.8 Å². The van der Waals surface area contributed by atoms with Crippen molar-refractivity contribution in [3.05, 3.63) is 11.8 Å². The van der Waals surface area contributed by atoms with Gasteiger partial charge in [0.1, 0.15) is 0 Å². The summed E-state index contributed by atoms with van der Waals surface area (Å²) < 4.78 is 43.1. The highest BCUT2D eigenvalue weighted by molar-refractivity contribution is 5.17. The summed E-state index contributed by atoms with van der Waals surface area (Å²) in [6, 6.07) is 0.431. The molecule has 0 amide bonds. The lowest BCUT2D eigenvalue weighted by molar-refractivity contribution is -0.141. The SMILES string of the molecule is Oc1cc(C(F)(F)F)nn1C1CCOCC1. The van der Waals surface area contributed by atoms with Gasteiger partial charge in [-0.1, -0.05) is 0 Å². The van der Waals surface area contributed by atoms with Crippen LogP contribution in [0.5, 0.6) is 5.88 Å². The molecule has 0 aliphatic carbocycles. The van der Waals surface area contributed by atoms with E-state index in [1.54, 1.807) is 0 Å². The summed E-state index contributed by atoms with van der Waals surface area (Å²) in [5, 5.41) is 12.8. The summed E-state index contributed by atoms with van der Waals surface area (Å²) in [7, 11) is 0. The number of aromatic hydroxyl groups is 1. The van der Waals surface area contributed by atoms with Gasteiger partial charge < -0.3 is 9.84 Å².